The van der Waals surface area contributed by atoms with Gasteiger partial charge >= 0.3 is 0 Å². The maximum atomic E-state index is 14.7. The molecule has 1 aliphatic carbocycles. The summed E-state index contributed by atoms with van der Waals surface area (Å²) in [4.78, 5) is 0. The molecule has 0 radical (unpaired) electrons. The zero-order valence-electron chi connectivity index (χ0n) is 19.0. The third kappa shape index (κ3) is 4.78. The summed E-state index contributed by atoms with van der Waals surface area (Å²) in [5.74, 6) is -1.12. The third-order valence-electron chi connectivity index (χ3n) is 6.94. The molecular formula is C28H27F3O3. The largest absolute Gasteiger partial charge is 0.497 e. The van der Waals surface area contributed by atoms with Gasteiger partial charge in [-0.05, 0) is 84.5 Å². The lowest BCUT2D eigenvalue weighted by atomic mass is 9.78. The molecule has 3 aromatic rings. The van der Waals surface area contributed by atoms with Crippen LogP contribution in [0.15, 0.2) is 54.6 Å². The second-order valence-electron chi connectivity index (χ2n) is 9.10. The highest BCUT2D eigenvalue weighted by atomic mass is 19.2. The van der Waals surface area contributed by atoms with Crippen molar-refractivity contribution in [1.29, 1.82) is 0 Å². The first kappa shape index (κ1) is 22.8. The molecule has 0 spiro atoms. The zero-order valence-corrected chi connectivity index (χ0v) is 19.0. The van der Waals surface area contributed by atoms with Crippen molar-refractivity contribution in [3.05, 3.63) is 83.2 Å². The van der Waals surface area contributed by atoms with Crippen LogP contribution in [-0.2, 0) is 4.74 Å². The molecule has 1 aliphatic heterocycles. The second kappa shape index (κ2) is 9.71. The number of hydrogen-bond acceptors (Lipinski definition) is 3. The predicted octanol–water partition coefficient (Wildman–Crippen LogP) is 7.20. The van der Waals surface area contributed by atoms with E-state index in [1.807, 2.05) is 12.1 Å². The average Bonchev–Trinajstić information content (AvgIpc) is 3.71. The summed E-state index contributed by atoms with van der Waals surface area (Å²) in [5, 5.41) is 0. The van der Waals surface area contributed by atoms with Crippen molar-refractivity contribution in [3.63, 3.8) is 0 Å². The minimum Gasteiger partial charge on any atom is -0.497 e. The summed E-state index contributed by atoms with van der Waals surface area (Å²) in [6, 6.07) is 15.2. The van der Waals surface area contributed by atoms with Gasteiger partial charge in [0.1, 0.15) is 17.7 Å². The van der Waals surface area contributed by atoms with E-state index in [9.17, 15) is 13.2 Å². The van der Waals surface area contributed by atoms with E-state index < -0.39 is 11.6 Å². The van der Waals surface area contributed by atoms with Crippen molar-refractivity contribution in [2.75, 3.05) is 20.3 Å². The minimum atomic E-state index is -0.983. The Morgan fingerprint density at radius 2 is 1.62 bits per heavy atom. The highest BCUT2D eigenvalue weighted by molar-refractivity contribution is 5.66. The summed E-state index contributed by atoms with van der Waals surface area (Å²) in [6.45, 7) is 0.976. The lowest BCUT2D eigenvalue weighted by molar-refractivity contribution is 0.192. The molecule has 2 fully saturated rings. The molecular weight excluding hydrogens is 441 g/mol. The van der Waals surface area contributed by atoms with Gasteiger partial charge < -0.3 is 14.2 Å². The van der Waals surface area contributed by atoms with E-state index in [0.717, 1.165) is 36.8 Å². The van der Waals surface area contributed by atoms with Gasteiger partial charge in [0.05, 0.1) is 20.3 Å². The highest BCUT2D eigenvalue weighted by Gasteiger charge is 2.28. The first-order valence-electron chi connectivity index (χ1n) is 11.7. The lowest BCUT2D eigenvalue weighted by Gasteiger charge is -2.29. The maximum Gasteiger partial charge on any atom is 0.201 e. The molecule has 34 heavy (non-hydrogen) atoms. The Kier molecular flexibility index (Phi) is 6.50. The van der Waals surface area contributed by atoms with Crippen LogP contribution in [-0.4, -0.2) is 20.3 Å². The monoisotopic (exact) mass is 468 g/mol. The first-order chi connectivity index (χ1) is 16.5. The number of hydrogen-bond donors (Lipinski definition) is 0. The van der Waals surface area contributed by atoms with Crippen LogP contribution in [0, 0.1) is 23.4 Å². The number of rotatable bonds is 7. The van der Waals surface area contributed by atoms with Crippen molar-refractivity contribution >= 4 is 0 Å². The zero-order chi connectivity index (χ0) is 23.7. The second-order valence-corrected chi connectivity index (χ2v) is 9.10. The van der Waals surface area contributed by atoms with Gasteiger partial charge in [0.15, 0.2) is 11.6 Å². The van der Waals surface area contributed by atoms with Crippen LogP contribution >= 0.6 is 0 Å². The molecule has 6 heteroatoms. The van der Waals surface area contributed by atoms with Gasteiger partial charge in [0.25, 0.3) is 0 Å². The van der Waals surface area contributed by atoms with E-state index >= 15 is 0 Å². The summed E-state index contributed by atoms with van der Waals surface area (Å²) in [5.41, 5.74) is 2.39. The van der Waals surface area contributed by atoms with E-state index in [1.54, 1.807) is 37.4 Å². The molecule has 0 N–H and O–H groups in total. The Hall–Kier alpha value is -2.99. The first-order valence-corrected chi connectivity index (χ1v) is 11.7. The SMILES string of the molecule is COc1ccc(-c2ccc(OCC3CCC(c4ccc(C5CO5)cc4F)CC3)c(F)c2F)cc1. The molecule has 5 rings (SSSR count). The molecule has 1 atom stereocenters. The summed E-state index contributed by atoms with van der Waals surface area (Å²) < 4.78 is 60.0. The van der Waals surface area contributed by atoms with Crippen LogP contribution in [0.4, 0.5) is 13.2 Å². The van der Waals surface area contributed by atoms with Crippen LogP contribution < -0.4 is 9.47 Å². The van der Waals surface area contributed by atoms with Gasteiger partial charge in [-0.15, -0.1) is 0 Å². The third-order valence-corrected chi connectivity index (χ3v) is 6.94. The number of benzene rings is 3. The van der Waals surface area contributed by atoms with Crippen molar-refractivity contribution in [2.45, 2.75) is 37.7 Å². The smallest absolute Gasteiger partial charge is 0.201 e. The van der Waals surface area contributed by atoms with Crippen molar-refractivity contribution < 1.29 is 27.4 Å². The van der Waals surface area contributed by atoms with Crippen LogP contribution in [0.1, 0.15) is 48.8 Å². The standard InChI is InChI=1S/C28H27F3O3/c1-32-21-9-6-19(7-10-21)23-12-13-25(28(31)27(23)30)33-15-17-2-4-18(5-3-17)22-11-8-20(14-24(22)29)26-16-34-26/h6-14,17-18,26H,2-5,15-16H2,1H3. The van der Waals surface area contributed by atoms with E-state index in [-0.39, 0.29) is 35.1 Å². The fourth-order valence-electron chi connectivity index (χ4n) is 4.80. The number of methoxy groups -OCH3 is 1. The lowest BCUT2D eigenvalue weighted by Crippen LogP contribution is -2.20. The average molecular weight is 469 g/mol. The number of halogens is 3. The van der Waals surface area contributed by atoms with Crippen LogP contribution in [0.2, 0.25) is 0 Å². The quantitative estimate of drug-likeness (QED) is 0.344. The van der Waals surface area contributed by atoms with Gasteiger partial charge in [-0.25, -0.2) is 8.78 Å². The number of ether oxygens (including phenoxy) is 3. The normalized spacial score (nSPS) is 21.8. The summed E-state index contributed by atoms with van der Waals surface area (Å²) in [7, 11) is 1.55. The fraction of sp³-hybridized carbons (Fsp3) is 0.357. The Labute approximate surface area is 197 Å². The molecule has 1 saturated heterocycles. The van der Waals surface area contributed by atoms with Gasteiger partial charge in [-0.2, -0.15) is 4.39 Å². The minimum absolute atomic E-state index is 0.0481. The Bertz CT molecular complexity index is 1150. The van der Waals surface area contributed by atoms with E-state index in [2.05, 4.69) is 0 Å². The molecule has 0 amide bonds. The molecule has 0 aromatic heterocycles. The molecule has 178 valence electrons. The highest BCUT2D eigenvalue weighted by Crippen LogP contribution is 2.39. The fourth-order valence-corrected chi connectivity index (χ4v) is 4.80. The van der Waals surface area contributed by atoms with Crippen molar-refractivity contribution in [1.82, 2.24) is 0 Å². The van der Waals surface area contributed by atoms with Crippen molar-refractivity contribution in [2.24, 2.45) is 5.92 Å². The van der Waals surface area contributed by atoms with Gasteiger partial charge in [-0.1, -0.05) is 24.3 Å². The summed E-state index contributed by atoms with van der Waals surface area (Å²) in [6.07, 6.45) is 3.44. The topological polar surface area (TPSA) is 31.0 Å². The maximum absolute atomic E-state index is 14.7. The van der Waals surface area contributed by atoms with Gasteiger partial charge in [0.2, 0.25) is 5.82 Å². The van der Waals surface area contributed by atoms with Crippen LogP contribution in [0.5, 0.6) is 11.5 Å². The molecule has 1 heterocycles. The van der Waals surface area contributed by atoms with Gasteiger partial charge in [-0.3, -0.25) is 0 Å². The van der Waals surface area contributed by atoms with Crippen molar-refractivity contribution in [3.8, 4) is 22.6 Å². The predicted molar refractivity (Wildman–Crippen MR) is 124 cm³/mol. The molecule has 1 unspecified atom stereocenters. The van der Waals surface area contributed by atoms with Gasteiger partial charge in [0, 0.05) is 5.56 Å². The Balaban J connectivity index is 1.18. The van der Waals surface area contributed by atoms with Crippen LogP contribution in [0.3, 0.4) is 0 Å². The molecule has 0 bridgehead atoms. The van der Waals surface area contributed by atoms with E-state index in [1.165, 1.54) is 12.1 Å². The Morgan fingerprint density at radius 3 is 2.26 bits per heavy atom. The Morgan fingerprint density at radius 1 is 0.882 bits per heavy atom. The summed E-state index contributed by atoms with van der Waals surface area (Å²) >= 11 is 0. The van der Waals surface area contributed by atoms with Crippen LogP contribution in [0.25, 0.3) is 11.1 Å². The van der Waals surface area contributed by atoms with E-state index in [0.29, 0.717) is 24.5 Å². The molecule has 1 saturated carbocycles. The molecule has 3 nitrogen and oxygen atoms in total. The number of epoxide rings is 1. The van der Waals surface area contributed by atoms with E-state index in [4.69, 9.17) is 14.2 Å². The molecule has 3 aromatic carbocycles. The molecule has 2 aliphatic rings.